The molecule has 0 aromatic carbocycles. The van der Waals surface area contributed by atoms with E-state index in [0.29, 0.717) is 17.8 Å². The van der Waals surface area contributed by atoms with Gasteiger partial charge in [-0.25, -0.2) is 0 Å². The molecule has 0 saturated heterocycles. The van der Waals surface area contributed by atoms with Crippen LogP contribution < -0.4 is 24.0 Å². The Kier molecular flexibility index (Phi) is 6.48. The van der Waals surface area contributed by atoms with Crippen LogP contribution in [0.5, 0.6) is 0 Å². The van der Waals surface area contributed by atoms with E-state index in [1.54, 1.807) is 0 Å². The summed E-state index contributed by atoms with van der Waals surface area (Å²) >= 11 is 0. The van der Waals surface area contributed by atoms with E-state index < -0.39 is 0 Å². The number of hydrogen-bond donors (Lipinski definition) is 0. The van der Waals surface area contributed by atoms with Gasteiger partial charge in [-0.05, 0) is 30.6 Å². The maximum Gasteiger partial charge on any atom is 1.00 e. The predicted molar refractivity (Wildman–Crippen MR) is 55.4 cm³/mol. The number of ether oxygens (including phenoxy) is 1. The Morgan fingerprint density at radius 3 is 2.47 bits per heavy atom. The summed E-state index contributed by atoms with van der Waals surface area (Å²) in [5, 5.41) is 10.9. The Morgan fingerprint density at radius 1 is 1.40 bits per heavy atom. The Bertz CT molecular complexity index is 204. The van der Waals surface area contributed by atoms with E-state index in [-0.39, 0.29) is 30.9 Å². The van der Waals surface area contributed by atoms with Crippen LogP contribution in [-0.2, 0) is 4.74 Å². The molecule has 0 bridgehead atoms. The molecule has 2 nitrogen and oxygen atoms in total. The molecular weight excluding hydrogens is 183 g/mol. The van der Waals surface area contributed by atoms with Crippen molar-refractivity contribution in [1.29, 1.82) is 0 Å². The Hall–Kier alpha value is -0.0626. The van der Waals surface area contributed by atoms with Gasteiger partial charge in [0.25, 0.3) is 0 Å². The molecule has 0 radical (unpaired) electrons. The van der Waals surface area contributed by atoms with Gasteiger partial charge in [0, 0.05) is 12.0 Å². The molecule has 0 aromatic heterocycles. The van der Waals surface area contributed by atoms with Crippen LogP contribution in [0.25, 0.3) is 0 Å². The van der Waals surface area contributed by atoms with Gasteiger partial charge in [-0.15, -0.1) is 0 Å². The van der Waals surface area contributed by atoms with Crippen molar-refractivity contribution in [2.24, 2.45) is 17.8 Å². The minimum atomic E-state index is -0.380. The zero-order chi connectivity index (χ0) is 10.7. The zero-order valence-electron chi connectivity index (χ0n) is 10.5. The van der Waals surface area contributed by atoms with E-state index in [4.69, 9.17) is 4.74 Å². The number of rotatable bonds is 3. The first-order chi connectivity index (χ1) is 6.50. The summed E-state index contributed by atoms with van der Waals surface area (Å²) in [4.78, 5) is 0. The molecule has 3 atom stereocenters. The maximum atomic E-state index is 10.9. The summed E-state index contributed by atoms with van der Waals surface area (Å²) in [5.74, 6) is 1.41. The van der Waals surface area contributed by atoms with E-state index in [1.807, 2.05) is 0 Å². The van der Waals surface area contributed by atoms with Crippen molar-refractivity contribution in [2.45, 2.75) is 46.1 Å². The summed E-state index contributed by atoms with van der Waals surface area (Å²) in [5.41, 5.74) is 0. The molecule has 1 aliphatic carbocycles. The average Bonchev–Trinajstić information content (AvgIpc) is 2.01. The summed E-state index contributed by atoms with van der Waals surface area (Å²) in [6.07, 6.45) is 3.54. The third-order valence-electron chi connectivity index (χ3n) is 3.24. The molecule has 0 heterocycles. The van der Waals surface area contributed by atoms with Crippen molar-refractivity contribution >= 4 is 0 Å². The fourth-order valence-electron chi connectivity index (χ4n) is 2.42. The van der Waals surface area contributed by atoms with Crippen molar-refractivity contribution in [3.05, 3.63) is 12.5 Å². The molecule has 0 aliphatic heterocycles. The first-order valence-electron chi connectivity index (χ1n) is 5.53. The van der Waals surface area contributed by atoms with Crippen molar-refractivity contribution in [1.82, 2.24) is 0 Å². The fraction of sp³-hybridized carbons (Fsp3) is 0.833. The molecule has 1 rings (SSSR count). The maximum absolute atomic E-state index is 10.9. The second kappa shape index (κ2) is 6.50. The van der Waals surface area contributed by atoms with Crippen molar-refractivity contribution in [3.8, 4) is 0 Å². The normalized spacial score (nSPS) is 30.8. The van der Waals surface area contributed by atoms with Gasteiger partial charge >= 0.3 is 18.9 Å². The summed E-state index contributed by atoms with van der Waals surface area (Å²) in [6, 6.07) is 0. The Labute approximate surface area is 105 Å². The van der Waals surface area contributed by atoms with E-state index in [0.717, 1.165) is 6.42 Å². The minimum absolute atomic E-state index is 0. The van der Waals surface area contributed by atoms with Crippen molar-refractivity contribution < 1.29 is 28.7 Å². The van der Waals surface area contributed by atoms with Crippen molar-refractivity contribution in [3.63, 3.8) is 0 Å². The van der Waals surface area contributed by atoms with E-state index in [1.165, 1.54) is 12.8 Å². The fourth-order valence-corrected chi connectivity index (χ4v) is 2.42. The Morgan fingerprint density at radius 2 is 2.00 bits per heavy atom. The second-order valence-electron chi connectivity index (χ2n) is 4.85. The van der Waals surface area contributed by atoms with Gasteiger partial charge in [0.2, 0.25) is 0 Å². The van der Waals surface area contributed by atoms with Crippen LogP contribution in [0.3, 0.4) is 0 Å². The standard InChI is InChI=1S/C12H22O2.Li/c1-8(2)11-6-5-9(3)7-12(11)14-10(4)13;/h8-9,11-13H,4-7H2,1-3H3;/q;+1/p-1/t9-,11+,12-;/m1./s1. The monoisotopic (exact) mass is 204 g/mol. The van der Waals surface area contributed by atoms with E-state index >= 15 is 0 Å². The van der Waals surface area contributed by atoms with Crippen LogP contribution >= 0.6 is 0 Å². The van der Waals surface area contributed by atoms with E-state index in [2.05, 4.69) is 27.4 Å². The van der Waals surface area contributed by atoms with Gasteiger partial charge < -0.3 is 9.84 Å². The first kappa shape index (κ1) is 14.9. The molecule has 0 amide bonds. The van der Waals surface area contributed by atoms with Gasteiger partial charge in [0.1, 0.15) is 0 Å². The van der Waals surface area contributed by atoms with Gasteiger partial charge in [0.15, 0.2) is 0 Å². The predicted octanol–water partition coefficient (Wildman–Crippen LogP) is -0.701. The molecule has 0 N–H and O–H groups in total. The quantitative estimate of drug-likeness (QED) is 0.450. The van der Waals surface area contributed by atoms with Crippen LogP contribution in [0.2, 0.25) is 0 Å². The van der Waals surface area contributed by atoms with Crippen LogP contribution in [0, 0.1) is 17.8 Å². The third kappa shape index (κ3) is 4.53. The molecular formula is C12H21LiO2. The smallest absolute Gasteiger partial charge is 0.610 e. The topological polar surface area (TPSA) is 32.3 Å². The molecule has 0 unspecified atom stereocenters. The van der Waals surface area contributed by atoms with Gasteiger partial charge in [-0.2, -0.15) is 0 Å². The third-order valence-corrected chi connectivity index (χ3v) is 3.24. The zero-order valence-corrected chi connectivity index (χ0v) is 10.5. The summed E-state index contributed by atoms with van der Waals surface area (Å²) < 4.78 is 5.29. The van der Waals surface area contributed by atoms with Gasteiger partial charge in [0.05, 0.1) is 0 Å². The molecule has 0 spiro atoms. The van der Waals surface area contributed by atoms with Crippen molar-refractivity contribution in [2.75, 3.05) is 0 Å². The average molecular weight is 204 g/mol. The Balaban J connectivity index is 0.00000196. The SMILES string of the molecule is C=C([O-])O[C@@H]1C[C@H](C)CC[C@H]1C(C)C.[Li+]. The van der Waals surface area contributed by atoms with E-state index in [9.17, 15) is 5.11 Å². The van der Waals surface area contributed by atoms with Crippen LogP contribution in [0.4, 0.5) is 0 Å². The molecule has 82 valence electrons. The first-order valence-corrected chi connectivity index (χ1v) is 5.53. The van der Waals surface area contributed by atoms with Gasteiger partial charge in [-0.3, -0.25) is 0 Å². The molecule has 1 saturated carbocycles. The van der Waals surface area contributed by atoms with Crippen LogP contribution in [-0.4, -0.2) is 6.10 Å². The molecule has 1 fully saturated rings. The van der Waals surface area contributed by atoms with Gasteiger partial charge in [-0.1, -0.05) is 33.8 Å². The number of hydrogen-bond acceptors (Lipinski definition) is 2. The second-order valence-corrected chi connectivity index (χ2v) is 4.85. The van der Waals surface area contributed by atoms with Crippen LogP contribution in [0.15, 0.2) is 12.5 Å². The van der Waals surface area contributed by atoms with Crippen LogP contribution in [0.1, 0.15) is 40.0 Å². The molecule has 3 heteroatoms. The minimum Gasteiger partial charge on any atom is -0.610 e. The molecule has 0 aromatic rings. The summed E-state index contributed by atoms with van der Waals surface area (Å²) in [6.45, 7) is 9.91. The summed E-state index contributed by atoms with van der Waals surface area (Å²) in [7, 11) is 0. The molecule has 1 aliphatic rings. The molecule has 15 heavy (non-hydrogen) atoms. The largest absolute Gasteiger partial charge is 1.00 e.